The number of alkyl carbamates (subject to hydrolysis) is 1. The van der Waals surface area contributed by atoms with Crippen molar-refractivity contribution in [2.24, 2.45) is 5.92 Å². The second-order valence-electron chi connectivity index (χ2n) is 10.4. The molecule has 0 rings (SSSR count). The largest absolute Gasteiger partial charge is 0.480 e. The van der Waals surface area contributed by atoms with Gasteiger partial charge in [-0.15, -0.1) is 0 Å². The van der Waals surface area contributed by atoms with Gasteiger partial charge in [0.25, 0.3) is 0 Å². The van der Waals surface area contributed by atoms with Gasteiger partial charge < -0.3 is 15.2 Å². The first kappa shape index (κ1) is 33.6. The number of nitrogens with one attached hydrogen (secondary N) is 2. The molecular weight excluding hydrogens is 480 g/mol. The van der Waals surface area contributed by atoms with Crippen molar-refractivity contribution in [3.05, 3.63) is 34.9 Å². The van der Waals surface area contributed by atoms with Crippen molar-refractivity contribution in [2.75, 3.05) is 11.5 Å². The van der Waals surface area contributed by atoms with Crippen LogP contribution in [0.5, 0.6) is 0 Å². The summed E-state index contributed by atoms with van der Waals surface area (Å²) in [6.07, 6.45) is 10.5. The Labute approximate surface area is 222 Å². The van der Waals surface area contributed by atoms with E-state index in [0.29, 0.717) is 5.75 Å². The number of aliphatic carboxylic acids is 1. The van der Waals surface area contributed by atoms with E-state index in [1.165, 1.54) is 28.7 Å². The lowest BCUT2D eigenvalue weighted by atomic mass is 10.1. The van der Waals surface area contributed by atoms with Crippen molar-refractivity contribution < 1.29 is 19.4 Å². The van der Waals surface area contributed by atoms with Crippen molar-refractivity contribution in [3.8, 4) is 0 Å². The normalized spacial score (nSPS) is 14.5. The standard InChI is InChI=1S/C27H48N2O4S2/c1-19(2)12-10-13-21(5)14-11-15-22(6)16-17-34-18-23(25(30)31)29-35-24(20(3)4)28-26(32)33-27(7,8)9/h12,14,16,20,23-24,29H,10-11,13,15,17-18H2,1-9H3,(H,28,32)(H,30,31). The van der Waals surface area contributed by atoms with Gasteiger partial charge in [0.05, 0.1) is 5.37 Å². The second-order valence-corrected chi connectivity index (χ2v) is 12.5. The van der Waals surface area contributed by atoms with E-state index in [2.05, 4.69) is 56.0 Å². The van der Waals surface area contributed by atoms with Crippen LogP contribution in [-0.4, -0.2) is 45.7 Å². The van der Waals surface area contributed by atoms with Gasteiger partial charge in [-0.3, -0.25) is 4.79 Å². The van der Waals surface area contributed by atoms with Crippen LogP contribution in [0.2, 0.25) is 0 Å². The number of carbonyl (C=O) groups is 2. The van der Waals surface area contributed by atoms with Crippen molar-refractivity contribution in [3.63, 3.8) is 0 Å². The van der Waals surface area contributed by atoms with Gasteiger partial charge in [0.15, 0.2) is 0 Å². The third-order valence-corrected chi connectivity index (χ3v) is 7.16. The zero-order chi connectivity index (χ0) is 27.0. The van der Waals surface area contributed by atoms with E-state index >= 15 is 0 Å². The molecule has 0 aliphatic heterocycles. The molecular formula is C27H48N2O4S2. The predicted molar refractivity (Wildman–Crippen MR) is 153 cm³/mol. The summed E-state index contributed by atoms with van der Waals surface area (Å²) in [4.78, 5) is 23.8. The molecule has 1 amide bonds. The van der Waals surface area contributed by atoms with E-state index in [0.717, 1.165) is 31.4 Å². The maximum atomic E-state index is 12.1. The average molecular weight is 529 g/mol. The Hall–Kier alpha value is -1.38. The molecule has 0 bridgehead atoms. The number of rotatable bonds is 16. The van der Waals surface area contributed by atoms with Crippen LogP contribution in [0.15, 0.2) is 34.9 Å². The van der Waals surface area contributed by atoms with Crippen LogP contribution < -0.4 is 10.0 Å². The molecule has 0 fully saturated rings. The van der Waals surface area contributed by atoms with Crippen LogP contribution in [-0.2, 0) is 9.53 Å². The first-order chi connectivity index (χ1) is 16.2. The molecule has 0 aromatic carbocycles. The average Bonchev–Trinajstić information content (AvgIpc) is 2.70. The first-order valence-corrected chi connectivity index (χ1v) is 14.4. The second kappa shape index (κ2) is 18.0. The summed E-state index contributed by atoms with van der Waals surface area (Å²) in [5.74, 6) is 0.402. The molecule has 35 heavy (non-hydrogen) atoms. The first-order valence-electron chi connectivity index (χ1n) is 12.4. The van der Waals surface area contributed by atoms with Gasteiger partial charge in [0.1, 0.15) is 11.6 Å². The number of ether oxygens (including phenoxy) is 1. The lowest BCUT2D eigenvalue weighted by Crippen LogP contribution is -2.44. The Balaban J connectivity index is 4.50. The molecule has 202 valence electrons. The molecule has 8 heteroatoms. The monoisotopic (exact) mass is 528 g/mol. The Morgan fingerprint density at radius 1 is 0.971 bits per heavy atom. The van der Waals surface area contributed by atoms with E-state index in [-0.39, 0.29) is 11.3 Å². The number of allylic oxidation sites excluding steroid dienone is 5. The number of thioether (sulfide) groups is 1. The highest BCUT2D eigenvalue weighted by Crippen LogP contribution is 2.18. The van der Waals surface area contributed by atoms with Crippen molar-refractivity contribution >= 4 is 35.8 Å². The highest BCUT2D eigenvalue weighted by molar-refractivity contribution is 7.99. The van der Waals surface area contributed by atoms with Crippen LogP contribution in [0.25, 0.3) is 0 Å². The molecule has 0 saturated heterocycles. The van der Waals surface area contributed by atoms with E-state index in [1.54, 1.807) is 32.5 Å². The van der Waals surface area contributed by atoms with Gasteiger partial charge in [0, 0.05) is 11.5 Å². The highest BCUT2D eigenvalue weighted by Gasteiger charge is 2.24. The topological polar surface area (TPSA) is 87.7 Å². The molecule has 0 saturated carbocycles. The van der Waals surface area contributed by atoms with Crippen LogP contribution >= 0.6 is 23.7 Å². The fourth-order valence-corrected chi connectivity index (χ4v) is 4.82. The van der Waals surface area contributed by atoms with Gasteiger partial charge in [-0.2, -0.15) is 11.8 Å². The summed E-state index contributed by atoms with van der Waals surface area (Å²) in [5.41, 5.74) is 3.53. The highest BCUT2D eigenvalue weighted by atomic mass is 32.2. The number of carbonyl (C=O) groups excluding carboxylic acids is 1. The Bertz CT molecular complexity index is 736. The van der Waals surface area contributed by atoms with Crippen LogP contribution in [0, 0.1) is 5.92 Å². The lowest BCUT2D eigenvalue weighted by molar-refractivity contribution is -0.138. The summed E-state index contributed by atoms with van der Waals surface area (Å²) >= 11 is 2.81. The zero-order valence-corrected chi connectivity index (χ0v) is 24.8. The number of carboxylic acids is 1. The maximum absolute atomic E-state index is 12.1. The van der Waals surface area contributed by atoms with Crippen molar-refractivity contribution in [1.29, 1.82) is 0 Å². The molecule has 2 unspecified atom stereocenters. The molecule has 3 N–H and O–H groups in total. The molecule has 0 aromatic heterocycles. The van der Waals surface area contributed by atoms with Crippen molar-refractivity contribution in [1.82, 2.24) is 10.0 Å². The number of hydrogen-bond donors (Lipinski definition) is 3. The molecule has 0 heterocycles. The molecule has 0 aliphatic rings. The van der Waals surface area contributed by atoms with E-state index in [1.807, 2.05) is 13.8 Å². The Kier molecular flexibility index (Phi) is 17.2. The molecule has 0 aliphatic carbocycles. The Morgan fingerprint density at radius 2 is 1.54 bits per heavy atom. The van der Waals surface area contributed by atoms with Gasteiger partial charge in [-0.05, 0) is 80.1 Å². The minimum absolute atomic E-state index is 0.0950. The molecule has 0 spiro atoms. The number of carboxylic acid groups (broad SMARTS) is 1. The predicted octanol–water partition coefficient (Wildman–Crippen LogP) is 7.34. The Morgan fingerprint density at radius 3 is 2.06 bits per heavy atom. The van der Waals surface area contributed by atoms with Crippen molar-refractivity contribution in [2.45, 2.75) is 105 Å². The van der Waals surface area contributed by atoms with E-state index < -0.39 is 23.7 Å². The van der Waals surface area contributed by atoms with Gasteiger partial charge >= 0.3 is 12.1 Å². The fourth-order valence-electron chi connectivity index (χ4n) is 2.79. The van der Waals surface area contributed by atoms with E-state index in [4.69, 9.17) is 4.74 Å². The molecule has 0 radical (unpaired) electrons. The summed E-state index contributed by atoms with van der Waals surface area (Å²) in [5, 5.41) is 12.1. The molecule has 0 aromatic rings. The fraction of sp³-hybridized carbons (Fsp3) is 0.704. The maximum Gasteiger partial charge on any atom is 0.408 e. The third kappa shape index (κ3) is 19.5. The summed E-state index contributed by atoms with van der Waals surface area (Å²) in [6, 6.07) is -0.716. The lowest BCUT2D eigenvalue weighted by Gasteiger charge is -2.26. The minimum Gasteiger partial charge on any atom is -0.480 e. The number of hydrogen-bond acceptors (Lipinski definition) is 6. The van der Waals surface area contributed by atoms with Gasteiger partial charge in [-0.25, -0.2) is 9.52 Å². The zero-order valence-electron chi connectivity index (χ0n) is 23.2. The smallest absolute Gasteiger partial charge is 0.408 e. The SMILES string of the molecule is CC(C)=CCCC(C)=CCCC(C)=CCSCC(NSC(NC(=O)OC(C)(C)C)C(C)C)C(=O)O. The minimum atomic E-state index is -0.904. The summed E-state index contributed by atoms with van der Waals surface area (Å²) in [7, 11) is 0. The summed E-state index contributed by atoms with van der Waals surface area (Å²) in [6.45, 7) is 17.9. The van der Waals surface area contributed by atoms with Gasteiger partial charge in [0.2, 0.25) is 0 Å². The van der Waals surface area contributed by atoms with Crippen LogP contribution in [0.3, 0.4) is 0 Å². The van der Waals surface area contributed by atoms with Crippen LogP contribution in [0.1, 0.15) is 88.0 Å². The summed E-state index contributed by atoms with van der Waals surface area (Å²) < 4.78 is 8.34. The van der Waals surface area contributed by atoms with E-state index in [9.17, 15) is 14.7 Å². The molecule has 2 atom stereocenters. The molecule has 6 nitrogen and oxygen atoms in total. The number of amides is 1. The van der Waals surface area contributed by atoms with Crippen LogP contribution in [0.4, 0.5) is 4.79 Å². The quantitative estimate of drug-likeness (QED) is 0.0836. The van der Waals surface area contributed by atoms with Gasteiger partial charge in [-0.1, -0.05) is 60.7 Å². The third-order valence-electron chi connectivity index (χ3n) is 4.86.